The number of nitrogens with zero attached hydrogens (tertiary/aromatic N) is 1. The summed E-state index contributed by atoms with van der Waals surface area (Å²) in [6.45, 7) is 2.16. The maximum Gasteiger partial charge on any atom is 0.300 e. The number of Topliss-reactive ketones (excluding diaryl/α,β-unsaturated/α-hetero) is 1. The minimum atomic E-state index is -1.19. The van der Waals surface area contributed by atoms with E-state index in [0.717, 1.165) is 17.0 Å². The van der Waals surface area contributed by atoms with Crippen LogP contribution in [0.2, 0.25) is 5.02 Å². The average molecular weight is 500 g/mol. The summed E-state index contributed by atoms with van der Waals surface area (Å²) in [4.78, 5) is 27.4. The number of halogens is 3. The van der Waals surface area contributed by atoms with Crippen LogP contribution in [0.15, 0.2) is 66.2 Å². The van der Waals surface area contributed by atoms with Crippen LogP contribution in [0.25, 0.3) is 5.76 Å². The summed E-state index contributed by atoms with van der Waals surface area (Å²) in [7, 11) is 1.42. The van der Waals surface area contributed by atoms with Crippen molar-refractivity contribution in [3.63, 3.8) is 0 Å². The van der Waals surface area contributed by atoms with E-state index >= 15 is 0 Å². The standard InChI is InChI=1S/C26H20ClF2NO5/c1-3-35-17-6-4-5-14(11-17)23-22(24(31)18-13-16(34-2)8-9-19(18)27)25(32)26(33)30(23)15-7-10-20(28)21(29)12-15/h4-13,23,31H,3H2,1-2H3/b24-22+. The Morgan fingerprint density at radius 1 is 1.03 bits per heavy atom. The third kappa shape index (κ3) is 4.44. The smallest absolute Gasteiger partial charge is 0.300 e. The summed E-state index contributed by atoms with van der Waals surface area (Å²) < 4.78 is 38.5. The minimum absolute atomic E-state index is 0.0615. The van der Waals surface area contributed by atoms with E-state index in [1.807, 2.05) is 0 Å². The molecule has 1 aliphatic rings. The average Bonchev–Trinajstić information content (AvgIpc) is 3.11. The Bertz CT molecular complexity index is 1360. The maximum absolute atomic E-state index is 14.1. The maximum atomic E-state index is 14.1. The van der Waals surface area contributed by atoms with E-state index in [0.29, 0.717) is 23.7 Å². The summed E-state index contributed by atoms with van der Waals surface area (Å²) in [6.07, 6.45) is 0. The summed E-state index contributed by atoms with van der Waals surface area (Å²) >= 11 is 6.29. The van der Waals surface area contributed by atoms with Crippen LogP contribution in [0.5, 0.6) is 11.5 Å². The topological polar surface area (TPSA) is 76.1 Å². The van der Waals surface area contributed by atoms with Gasteiger partial charge in [-0.2, -0.15) is 0 Å². The molecule has 1 heterocycles. The van der Waals surface area contributed by atoms with Gasteiger partial charge in [0.2, 0.25) is 0 Å². The molecule has 0 aliphatic carbocycles. The first-order valence-corrected chi connectivity index (χ1v) is 11.0. The molecular formula is C26H20ClF2NO5. The van der Waals surface area contributed by atoms with Crippen molar-refractivity contribution >= 4 is 34.7 Å². The number of anilines is 1. The molecule has 1 saturated heterocycles. The number of aliphatic hydroxyl groups is 1. The van der Waals surface area contributed by atoms with Gasteiger partial charge < -0.3 is 14.6 Å². The van der Waals surface area contributed by atoms with E-state index in [2.05, 4.69) is 0 Å². The molecule has 1 aliphatic heterocycles. The Morgan fingerprint density at radius 2 is 1.80 bits per heavy atom. The van der Waals surface area contributed by atoms with Crippen LogP contribution >= 0.6 is 11.6 Å². The minimum Gasteiger partial charge on any atom is -0.507 e. The van der Waals surface area contributed by atoms with Gasteiger partial charge in [0.25, 0.3) is 11.7 Å². The third-order valence-corrected chi connectivity index (χ3v) is 5.87. The molecule has 0 aromatic heterocycles. The fourth-order valence-electron chi connectivity index (χ4n) is 3.95. The van der Waals surface area contributed by atoms with E-state index in [4.69, 9.17) is 21.1 Å². The van der Waals surface area contributed by atoms with E-state index in [1.54, 1.807) is 37.3 Å². The highest BCUT2D eigenvalue weighted by atomic mass is 35.5. The second-order valence-electron chi connectivity index (χ2n) is 7.62. The molecule has 180 valence electrons. The van der Waals surface area contributed by atoms with Crippen molar-refractivity contribution < 1.29 is 33.0 Å². The van der Waals surface area contributed by atoms with Gasteiger partial charge in [-0.1, -0.05) is 23.7 Å². The molecule has 0 radical (unpaired) electrons. The van der Waals surface area contributed by atoms with Gasteiger partial charge in [0, 0.05) is 17.3 Å². The van der Waals surface area contributed by atoms with E-state index < -0.39 is 35.1 Å². The van der Waals surface area contributed by atoms with Crippen LogP contribution in [-0.2, 0) is 9.59 Å². The molecule has 0 saturated carbocycles. The zero-order valence-corrected chi connectivity index (χ0v) is 19.5. The lowest BCUT2D eigenvalue weighted by molar-refractivity contribution is -0.132. The van der Waals surface area contributed by atoms with Crippen molar-refractivity contribution in [2.45, 2.75) is 13.0 Å². The predicted octanol–water partition coefficient (Wildman–Crippen LogP) is 5.65. The van der Waals surface area contributed by atoms with Crippen molar-refractivity contribution in [3.8, 4) is 11.5 Å². The second kappa shape index (κ2) is 9.76. The van der Waals surface area contributed by atoms with E-state index in [-0.39, 0.29) is 21.8 Å². The fourth-order valence-corrected chi connectivity index (χ4v) is 4.16. The van der Waals surface area contributed by atoms with Gasteiger partial charge in [0.15, 0.2) is 11.6 Å². The van der Waals surface area contributed by atoms with Crippen molar-refractivity contribution in [1.29, 1.82) is 0 Å². The molecule has 1 unspecified atom stereocenters. The number of ketones is 1. The number of amides is 1. The summed E-state index contributed by atoms with van der Waals surface area (Å²) in [5.41, 5.74) is 0.137. The lowest BCUT2D eigenvalue weighted by Crippen LogP contribution is -2.29. The third-order valence-electron chi connectivity index (χ3n) is 5.54. The molecule has 4 rings (SSSR count). The summed E-state index contributed by atoms with van der Waals surface area (Å²) in [6, 6.07) is 12.7. The number of benzene rings is 3. The number of ether oxygens (including phenoxy) is 2. The van der Waals surface area contributed by atoms with Gasteiger partial charge >= 0.3 is 0 Å². The molecule has 3 aromatic carbocycles. The Balaban J connectivity index is 1.98. The molecule has 6 nitrogen and oxygen atoms in total. The van der Waals surface area contributed by atoms with Crippen molar-refractivity contribution in [3.05, 3.63) is 94.0 Å². The van der Waals surface area contributed by atoms with Crippen LogP contribution in [0.4, 0.5) is 14.5 Å². The van der Waals surface area contributed by atoms with Crippen molar-refractivity contribution in [1.82, 2.24) is 0 Å². The molecule has 3 aromatic rings. The van der Waals surface area contributed by atoms with Crippen LogP contribution in [0.1, 0.15) is 24.1 Å². The number of aliphatic hydroxyl groups excluding tert-OH is 1. The Kier molecular flexibility index (Phi) is 6.75. The molecule has 35 heavy (non-hydrogen) atoms. The zero-order chi connectivity index (χ0) is 25.3. The summed E-state index contributed by atoms with van der Waals surface area (Å²) in [5, 5.41) is 11.4. The molecule has 9 heteroatoms. The van der Waals surface area contributed by atoms with Gasteiger partial charge in [-0.15, -0.1) is 0 Å². The van der Waals surface area contributed by atoms with Gasteiger partial charge in [-0.25, -0.2) is 8.78 Å². The van der Waals surface area contributed by atoms with E-state index in [9.17, 15) is 23.5 Å². The quantitative estimate of drug-likeness (QED) is 0.269. The summed E-state index contributed by atoms with van der Waals surface area (Å²) in [5.74, 6) is -4.06. The SMILES string of the molecule is CCOc1cccc(C2/C(=C(\O)c3cc(OC)ccc3Cl)C(=O)C(=O)N2c2ccc(F)c(F)c2)c1. The van der Waals surface area contributed by atoms with Crippen LogP contribution in [0, 0.1) is 11.6 Å². The first-order valence-electron chi connectivity index (χ1n) is 10.6. The van der Waals surface area contributed by atoms with Crippen molar-refractivity contribution in [2.75, 3.05) is 18.6 Å². The number of carbonyl (C=O) groups is 2. The molecule has 1 N–H and O–H groups in total. The van der Waals surface area contributed by atoms with Crippen LogP contribution in [0.3, 0.4) is 0 Å². The zero-order valence-electron chi connectivity index (χ0n) is 18.7. The van der Waals surface area contributed by atoms with Crippen LogP contribution < -0.4 is 14.4 Å². The molecule has 0 bridgehead atoms. The second-order valence-corrected chi connectivity index (χ2v) is 8.03. The number of carbonyl (C=O) groups excluding carboxylic acids is 2. The lowest BCUT2D eigenvalue weighted by atomic mass is 9.95. The Labute approximate surface area is 205 Å². The predicted molar refractivity (Wildman–Crippen MR) is 127 cm³/mol. The molecule has 0 spiro atoms. The van der Waals surface area contributed by atoms with E-state index in [1.165, 1.54) is 25.3 Å². The Morgan fingerprint density at radius 3 is 2.49 bits per heavy atom. The van der Waals surface area contributed by atoms with Crippen molar-refractivity contribution in [2.24, 2.45) is 0 Å². The van der Waals surface area contributed by atoms with Crippen LogP contribution in [-0.4, -0.2) is 30.5 Å². The molecule has 1 atom stereocenters. The van der Waals surface area contributed by atoms with Gasteiger partial charge in [-0.05, 0) is 55.0 Å². The first-order chi connectivity index (χ1) is 16.8. The molecule has 1 amide bonds. The number of methoxy groups -OCH3 is 1. The number of rotatable bonds is 6. The monoisotopic (exact) mass is 499 g/mol. The highest BCUT2D eigenvalue weighted by Crippen LogP contribution is 2.44. The Hall–Kier alpha value is -3.91. The molecular weight excluding hydrogens is 480 g/mol. The number of hydrogen-bond donors (Lipinski definition) is 1. The highest BCUT2D eigenvalue weighted by molar-refractivity contribution is 6.52. The highest BCUT2D eigenvalue weighted by Gasteiger charge is 2.47. The largest absolute Gasteiger partial charge is 0.507 e. The lowest BCUT2D eigenvalue weighted by Gasteiger charge is -2.26. The number of hydrogen-bond acceptors (Lipinski definition) is 5. The van der Waals surface area contributed by atoms with Gasteiger partial charge in [0.1, 0.15) is 17.3 Å². The van der Waals surface area contributed by atoms with Gasteiger partial charge in [-0.3, -0.25) is 14.5 Å². The first kappa shape index (κ1) is 24.2. The normalized spacial score (nSPS) is 17.1. The van der Waals surface area contributed by atoms with Gasteiger partial charge in [0.05, 0.1) is 30.4 Å². The fraction of sp³-hybridized carbons (Fsp3) is 0.154. The molecule has 1 fully saturated rings.